The highest BCUT2D eigenvalue weighted by molar-refractivity contribution is 7.12. The largest absolute Gasteiger partial charge is 0.498 e. The second-order valence-corrected chi connectivity index (χ2v) is 6.91. The van der Waals surface area contributed by atoms with Gasteiger partial charge in [0.25, 0.3) is 0 Å². The first-order chi connectivity index (χ1) is 9.30. The zero-order valence-electron chi connectivity index (χ0n) is 12.4. The molecule has 0 amide bonds. The fourth-order valence-electron chi connectivity index (χ4n) is 2.11. The Hall–Kier alpha value is -1.18. The molecule has 0 aromatic carbocycles. The molecule has 20 heavy (non-hydrogen) atoms. The van der Waals surface area contributed by atoms with Crippen LogP contribution in [0.15, 0.2) is 17.9 Å². The molecule has 0 radical (unpaired) electrons. The van der Waals surface area contributed by atoms with Gasteiger partial charge in [-0.2, -0.15) is 5.10 Å². The molecule has 3 heterocycles. The molecule has 7 heteroatoms. The van der Waals surface area contributed by atoms with Crippen LogP contribution >= 0.6 is 11.3 Å². The van der Waals surface area contributed by atoms with Crippen LogP contribution in [0.2, 0.25) is 0 Å². The van der Waals surface area contributed by atoms with Crippen molar-refractivity contribution in [3.8, 4) is 5.00 Å². The van der Waals surface area contributed by atoms with E-state index in [1.807, 2.05) is 17.8 Å². The SMILES string of the molecule is Cc1nn(-c2cncs2)cc1B1OC(C)(C)C(C)(C)O1. The molecule has 0 bridgehead atoms. The van der Waals surface area contributed by atoms with Crippen molar-refractivity contribution in [2.45, 2.75) is 45.8 Å². The molecule has 1 fully saturated rings. The van der Waals surface area contributed by atoms with Gasteiger partial charge >= 0.3 is 7.12 Å². The van der Waals surface area contributed by atoms with Crippen LogP contribution in [-0.4, -0.2) is 33.1 Å². The zero-order valence-corrected chi connectivity index (χ0v) is 13.2. The van der Waals surface area contributed by atoms with E-state index in [2.05, 4.69) is 37.8 Å². The van der Waals surface area contributed by atoms with E-state index in [1.165, 1.54) is 0 Å². The normalized spacial score (nSPS) is 20.6. The van der Waals surface area contributed by atoms with E-state index in [-0.39, 0.29) is 18.3 Å². The quantitative estimate of drug-likeness (QED) is 0.793. The van der Waals surface area contributed by atoms with Crippen molar-refractivity contribution >= 4 is 23.9 Å². The van der Waals surface area contributed by atoms with E-state index >= 15 is 0 Å². The van der Waals surface area contributed by atoms with Crippen LogP contribution in [0.4, 0.5) is 0 Å². The number of aromatic nitrogens is 3. The number of hydrogen-bond acceptors (Lipinski definition) is 5. The van der Waals surface area contributed by atoms with Gasteiger partial charge in [-0.1, -0.05) is 0 Å². The fraction of sp³-hybridized carbons (Fsp3) is 0.538. The van der Waals surface area contributed by atoms with Gasteiger partial charge in [0.05, 0.1) is 28.6 Å². The maximum atomic E-state index is 6.07. The first-order valence-corrected chi connectivity index (χ1v) is 7.49. The van der Waals surface area contributed by atoms with Crippen LogP contribution < -0.4 is 5.46 Å². The van der Waals surface area contributed by atoms with Crippen LogP contribution in [0.1, 0.15) is 33.4 Å². The maximum absolute atomic E-state index is 6.07. The van der Waals surface area contributed by atoms with Crippen molar-refractivity contribution < 1.29 is 9.31 Å². The Kier molecular flexibility index (Phi) is 3.04. The monoisotopic (exact) mass is 291 g/mol. The summed E-state index contributed by atoms with van der Waals surface area (Å²) < 4.78 is 14.0. The highest BCUT2D eigenvalue weighted by Crippen LogP contribution is 2.36. The van der Waals surface area contributed by atoms with Crippen molar-refractivity contribution in [3.05, 3.63) is 23.6 Å². The topological polar surface area (TPSA) is 49.2 Å². The summed E-state index contributed by atoms with van der Waals surface area (Å²) in [5.41, 5.74) is 3.00. The molecular formula is C13H18BN3O2S. The molecule has 3 rings (SSSR count). The number of aryl methyl sites for hydroxylation is 1. The van der Waals surface area contributed by atoms with Crippen LogP contribution in [0.5, 0.6) is 0 Å². The fourth-order valence-corrected chi connectivity index (χ4v) is 2.66. The smallest absolute Gasteiger partial charge is 0.399 e. The Morgan fingerprint density at radius 1 is 1.20 bits per heavy atom. The summed E-state index contributed by atoms with van der Waals surface area (Å²) in [6, 6.07) is 0. The van der Waals surface area contributed by atoms with Crippen LogP contribution in [0, 0.1) is 6.92 Å². The van der Waals surface area contributed by atoms with Gasteiger partial charge in [0.15, 0.2) is 0 Å². The van der Waals surface area contributed by atoms with E-state index in [1.54, 1.807) is 23.0 Å². The Bertz CT molecular complexity index is 606. The summed E-state index contributed by atoms with van der Waals surface area (Å²) in [4.78, 5) is 4.08. The van der Waals surface area contributed by atoms with E-state index in [9.17, 15) is 0 Å². The van der Waals surface area contributed by atoms with Gasteiger partial charge in [-0.3, -0.25) is 4.98 Å². The minimum Gasteiger partial charge on any atom is -0.399 e. The summed E-state index contributed by atoms with van der Waals surface area (Å²) >= 11 is 1.55. The predicted octanol–water partition coefficient (Wildman–Crippen LogP) is 1.94. The summed E-state index contributed by atoms with van der Waals surface area (Å²) in [5, 5.41) is 5.50. The molecule has 0 aliphatic carbocycles. The Labute approximate surface area is 123 Å². The lowest BCUT2D eigenvalue weighted by Crippen LogP contribution is -2.41. The first kappa shape index (κ1) is 13.8. The van der Waals surface area contributed by atoms with Crippen molar-refractivity contribution in [2.75, 3.05) is 0 Å². The molecule has 5 nitrogen and oxygen atoms in total. The summed E-state index contributed by atoms with van der Waals surface area (Å²) in [6.07, 6.45) is 3.76. The third-order valence-electron chi connectivity index (χ3n) is 4.09. The standard InChI is InChI=1S/C13H18BN3O2S/c1-9-10(7-17(16-9)11-6-15-8-20-11)14-18-12(2,3)13(4,5)19-14/h6-8H,1-5H3. The molecule has 0 atom stereocenters. The van der Waals surface area contributed by atoms with Gasteiger partial charge in [0.2, 0.25) is 0 Å². The second-order valence-electron chi connectivity index (χ2n) is 6.04. The lowest BCUT2D eigenvalue weighted by atomic mass is 9.79. The molecule has 0 saturated carbocycles. The molecule has 2 aromatic heterocycles. The van der Waals surface area contributed by atoms with Gasteiger partial charge in [-0.05, 0) is 34.6 Å². The van der Waals surface area contributed by atoms with E-state index in [0.29, 0.717) is 0 Å². The summed E-state index contributed by atoms with van der Waals surface area (Å²) in [7, 11) is -0.373. The molecule has 106 valence electrons. The number of rotatable bonds is 2. The molecule has 1 aliphatic heterocycles. The Morgan fingerprint density at radius 3 is 2.40 bits per heavy atom. The van der Waals surface area contributed by atoms with E-state index in [0.717, 1.165) is 16.2 Å². The zero-order chi connectivity index (χ0) is 14.5. The first-order valence-electron chi connectivity index (χ1n) is 6.61. The van der Waals surface area contributed by atoms with Gasteiger partial charge in [-0.25, -0.2) is 4.68 Å². The molecule has 0 unspecified atom stereocenters. The number of thiazole rings is 1. The van der Waals surface area contributed by atoms with E-state index < -0.39 is 0 Å². The molecule has 0 spiro atoms. The van der Waals surface area contributed by atoms with Crippen molar-refractivity contribution in [1.29, 1.82) is 0 Å². The van der Waals surface area contributed by atoms with Gasteiger partial charge < -0.3 is 9.31 Å². The average Bonchev–Trinajstić information content (AvgIpc) is 2.98. The van der Waals surface area contributed by atoms with Crippen molar-refractivity contribution in [3.63, 3.8) is 0 Å². The Balaban J connectivity index is 1.93. The molecular weight excluding hydrogens is 273 g/mol. The number of hydrogen-bond donors (Lipinski definition) is 0. The number of nitrogens with zero attached hydrogens (tertiary/aromatic N) is 3. The second kappa shape index (κ2) is 4.41. The third kappa shape index (κ3) is 2.10. The Morgan fingerprint density at radius 2 is 1.85 bits per heavy atom. The minimum atomic E-state index is -0.373. The average molecular weight is 291 g/mol. The third-order valence-corrected chi connectivity index (χ3v) is 4.85. The predicted molar refractivity (Wildman–Crippen MR) is 79.7 cm³/mol. The molecule has 2 aromatic rings. The summed E-state index contributed by atoms with van der Waals surface area (Å²) in [6.45, 7) is 10.2. The van der Waals surface area contributed by atoms with Gasteiger partial charge in [-0.15, -0.1) is 11.3 Å². The molecule has 0 N–H and O–H groups in total. The maximum Gasteiger partial charge on any atom is 0.498 e. The van der Waals surface area contributed by atoms with Crippen LogP contribution in [-0.2, 0) is 9.31 Å². The molecule has 1 aliphatic rings. The lowest BCUT2D eigenvalue weighted by molar-refractivity contribution is 0.00578. The summed E-state index contributed by atoms with van der Waals surface area (Å²) in [5.74, 6) is 0. The highest BCUT2D eigenvalue weighted by Gasteiger charge is 2.52. The van der Waals surface area contributed by atoms with Gasteiger partial charge in [0, 0.05) is 11.7 Å². The lowest BCUT2D eigenvalue weighted by Gasteiger charge is -2.32. The van der Waals surface area contributed by atoms with Crippen molar-refractivity contribution in [1.82, 2.24) is 14.8 Å². The molecule has 1 saturated heterocycles. The van der Waals surface area contributed by atoms with E-state index in [4.69, 9.17) is 9.31 Å². The van der Waals surface area contributed by atoms with Gasteiger partial charge in [0.1, 0.15) is 5.00 Å². The van der Waals surface area contributed by atoms with Crippen molar-refractivity contribution in [2.24, 2.45) is 0 Å². The highest BCUT2D eigenvalue weighted by atomic mass is 32.1. The van der Waals surface area contributed by atoms with Crippen LogP contribution in [0.25, 0.3) is 5.00 Å². The minimum absolute atomic E-state index is 0.337. The van der Waals surface area contributed by atoms with Crippen LogP contribution in [0.3, 0.4) is 0 Å².